The van der Waals surface area contributed by atoms with Crippen LogP contribution in [-0.4, -0.2) is 5.78 Å². The maximum Gasteiger partial charge on any atom is 0.194 e. The molecule has 0 saturated carbocycles. The molecular weight excluding hydrogens is 304 g/mol. The summed E-state index contributed by atoms with van der Waals surface area (Å²) in [6.45, 7) is 6.28. The summed E-state index contributed by atoms with van der Waals surface area (Å²) in [6.07, 6.45) is 0. The molecular formula is C24H18O. The van der Waals surface area contributed by atoms with Crippen LogP contribution < -0.4 is 0 Å². The van der Waals surface area contributed by atoms with Crippen molar-refractivity contribution >= 4 is 5.78 Å². The fourth-order valence-electron chi connectivity index (χ4n) is 3.62. The first-order valence-electron chi connectivity index (χ1n) is 8.42. The average molecular weight is 322 g/mol. The van der Waals surface area contributed by atoms with Gasteiger partial charge in [0, 0.05) is 22.3 Å². The predicted molar refractivity (Wildman–Crippen MR) is 102 cm³/mol. The summed E-state index contributed by atoms with van der Waals surface area (Å²) < 4.78 is 0. The Bertz CT molecular complexity index is 1070. The number of carbonyl (C=O) groups is 1. The number of aryl methyl sites for hydroxylation is 3. The van der Waals surface area contributed by atoms with Crippen LogP contribution in [0.2, 0.25) is 0 Å². The highest BCUT2D eigenvalue weighted by Gasteiger charge is 2.25. The van der Waals surface area contributed by atoms with Crippen LogP contribution in [0.1, 0.15) is 43.7 Å². The van der Waals surface area contributed by atoms with Gasteiger partial charge in [0.2, 0.25) is 0 Å². The second-order valence-electron chi connectivity index (χ2n) is 6.66. The molecule has 0 heterocycles. The molecule has 4 rings (SSSR count). The van der Waals surface area contributed by atoms with E-state index in [2.05, 4.69) is 44.7 Å². The first-order valence-corrected chi connectivity index (χ1v) is 8.42. The molecule has 1 heteroatoms. The van der Waals surface area contributed by atoms with E-state index in [4.69, 9.17) is 0 Å². The molecule has 0 N–H and O–H groups in total. The maximum absolute atomic E-state index is 12.6. The smallest absolute Gasteiger partial charge is 0.194 e. The summed E-state index contributed by atoms with van der Waals surface area (Å²) in [5, 5.41) is 0. The summed E-state index contributed by atoms with van der Waals surface area (Å²) in [5.41, 5.74) is 9.14. The molecule has 120 valence electrons. The fraction of sp³-hybridized carbons (Fsp3) is 0.125. The largest absolute Gasteiger partial charge is 0.289 e. The van der Waals surface area contributed by atoms with Gasteiger partial charge in [-0.05, 0) is 55.2 Å². The number of hydrogen-bond donors (Lipinski definition) is 0. The molecule has 0 aromatic heterocycles. The average Bonchev–Trinajstić information content (AvgIpc) is 2.87. The lowest BCUT2D eigenvalue weighted by molar-refractivity contribution is 0.104. The van der Waals surface area contributed by atoms with Crippen molar-refractivity contribution < 1.29 is 4.79 Å². The lowest BCUT2D eigenvalue weighted by atomic mass is 9.99. The Morgan fingerprint density at radius 1 is 0.680 bits per heavy atom. The molecule has 0 bridgehead atoms. The first kappa shape index (κ1) is 15.4. The van der Waals surface area contributed by atoms with Crippen molar-refractivity contribution in [3.8, 4) is 23.0 Å². The number of rotatable bonds is 0. The van der Waals surface area contributed by atoms with Gasteiger partial charge in [-0.1, -0.05) is 59.9 Å². The molecule has 1 aliphatic rings. The first-order chi connectivity index (χ1) is 12.0. The minimum Gasteiger partial charge on any atom is -0.289 e. The van der Waals surface area contributed by atoms with Crippen LogP contribution in [0.3, 0.4) is 0 Å². The normalized spacial score (nSPS) is 11.6. The van der Waals surface area contributed by atoms with Crippen LogP contribution in [0.25, 0.3) is 11.1 Å². The van der Waals surface area contributed by atoms with E-state index in [0.717, 1.165) is 33.4 Å². The van der Waals surface area contributed by atoms with Gasteiger partial charge >= 0.3 is 0 Å². The van der Waals surface area contributed by atoms with Crippen LogP contribution >= 0.6 is 0 Å². The Hall–Kier alpha value is -3.11. The molecule has 0 spiro atoms. The predicted octanol–water partition coefficient (Wildman–Crippen LogP) is 5.22. The van der Waals surface area contributed by atoms with E-state index < -0.39 is 0 Å². The van der Waals surface area contributed by atoms with Crippen LogP contribution in [0, 0.1) is 32.6 Å². The topological polar surface area (TPSA) is 17.1 Å². The monoisotopic (exact) mass is 322 g/mol. The molecule has 3 aromatic rings. The molecule has 0 atom stereocenters. The van der Waals surface area contributed by atoms with Crippen molar-refractivity contribution in [3.05, 3.63) is 93.5 Å². The van der Waals surface area contributed by atoms with Crippen molar-refractivity contribution in [2.24, 2.45) is 0 Å². The standard InChI is InChI=1S/C24H18O/c1-15-12-16(2)19(17(3)13-15)10-8-18-9-11-21-20-6-4-5-7-22(20)24(25)23(21)14-18/h4-7,9,11-14H,1-3H3. The minimum absolute atomic E-state index is 0.0944. The Balaban J connectivity index is 1.76. The summed E-state index contributed by atoms with van der Waals surface area (Å²) in [5.74, 6) is 6.62. The van der Waals surface area contributed by atoms with Gasteiger partial charge in [-0.2, -0.15) is 0 Å². The molecule has 0 unspecified atom stereocenters. The van der Waals surface area contributed by atoms with Gasteiger partial charge in [0.05, 0.1) is 0 Å². The van der Waals surface area contributed by atoms with E-state index in [0.29, 0.717) is 0 Å². The molecule has 3 aromatic carbocycles. The number of carbonyl (C=O) groups excluding carboxylic acids is 1. The van der Waals surface area contributed by atoms with E-state index in [9.17, 15) is 4.79 Å². The summed E-state index contributed by atoms with van der Waals surface area (Å²) >= 11 is 0. The van der Waals surface area contributed by atoms with E-state index in [1.165, 1.54) is 16.7 Å². The molecule has 0 radical (unpaired) electrons. The van der Waals surface area contributed by atoms with Crippen molar-refractivity contribution in [1.82, 2.24) is 0 Å². The maximum atomic E-state index is 12.6. The lowest BCUT2D eigenvalue weighted by Crippen LogP contribution is -1.95. The second-order valence-corrected chi connectivity index (χ2v) is 6.66. The van der Waals surface area contributed by atoms with Gasteiger partial charge in [-0.25, -0.2) is 0 Å². The Morgan fingerprint density at radius 2 is 1.32 bits per heavy atom. The van der Waals surface area contributed by atoms with E-state index in [1.54, 1.807) is 0 Å². The number of fused-ring (bicyclic) bond motifs is 3. The molecule has 1 nitrogen and oxygen atoms in total. The fourth-order valence-corrected chi connectivity index (χ4v) is 3.62. The third kappa shape index (κ3) is 2.57. The summed E-state index contributed by atoms with van der Waals surface area (Å²) in [7, 11) is 0. The van der Waals surface area contributed by atoms with Crippen LogP contribution in [-0.2, 0) is 0 Å². The highest BCUT2D eigenvalue weighted by Crippen LogP contribution is 2.36. The van der Waals surface area contributed by atoms with Gasteiger partial charge in [-0.3, -0.25) is 4.79 Å². The molecule has 0 fully saturated rings. The van der Waals surface area contributed by atoms with Gasteiger partial charge in [0.1, 0.15) is 0 Å². The zero-order valence-electron chi connectivity index (χ0n) is 14.6. The molecule has 25 heavy (non-hydrogen) atoms. The van der Waals surface area contributed by atoms with Crippen LogP contribution in [0.5, 0.6) is 0 Å². The number of benzene rings is 3. The number of hydrogen-bond acceptors (Lipinski definition) is 1. The quantitative estimate of drug-likeness (QED) is 0.405. The van der Waals surface area contributed by atoms with E-state index in [-0.39, 0.29) is 5.78 Å². The van der Waals surface area contributed by atoms with Gasteiger partial charge in [-0.15, -0.1) is 0 Å². The lowest BCUT2D eigenvalue weighted by Gasteiger charge is -2.05. The van der Waals surface area contributed by atoms with Gasteiger partial charge in [0.25, 0.3) is 0 Å². The van der Waals surface area contributed by atoms with Gasteiger partial charge < -0.3 is 0 Å². The van der Waals surface area contributed by atoms with Crippen molar-refractivity contribution in [3.63, 3.8) is 0 Å². The van der Waals surface area contributed by atoms with Crippen molar-refractivity contribution in [2.45, 2.75) is 20.8 Å². The van der Waals surface area contributed by atoms with Crippen molar-refractivity contribution in [1.29, 1.82) is 0 Å². The summed E-state index contributed by atoms with van der Waals surface area (Å²) in [6, 6.07) is 18.0. The van der Waals surface area contributed by atoms with E-state index >= 15 is 0 Å². The number of ketones is 1. The molecule has 0 aliphatic heterocycles. The van der Waals surface area contributed by atoms with Gasteiger partial charge in [0.15, 0.2) is 5.78 Å². The highest BCUT2D eigenvalue weighted by atomic mass is 16.1. The zero-order chi connectivity index (χ0) is 17.6. The Kier molecular flexibility index (Phi) is 3.55. The molecule has 0 amide bonds. The SMILES string of the molecule is Cc1cc(C)c(C#Cc2ccc3c(c2)C(=O)c2ccccc2-3)c(C)c1. The van der Waals surface area contributed by atoms with Crippen LogP contribution in [0.4, 0.5) is 0 Å². The molecule has 1 aliphatic carbocycles. The second kappa shape index (κ2) is 5.76. The third-order valence-corrected chi connectivity index (χ3v) is 4.73. The Labute approximate surface area is 148 Å². The Morgan fingerprint density at radius 3 is 2.04 bits per heavy atom. The van der Waals surface area contributed by atoms with Crippen LogP contribution in [0.15, 0.2) is 54.6 Å². The van der Waals surface area contributed by atoms with Crippen molar-refractivity contribution in [2.75, 3.05) is 0 Å². The zero-order valence-corrected chi connectivity index (χ0v) is 14.6. The van der Waals surface area contributed by atoms with E-state index in [1.807, 2.05) is 42.5 Å². The summed E-state index contributed by atoms with van der Waals surface area (Å²) in [4.78, 5) is 12.6. The third-order valence-electron chi connectivity index (χ3n) is 4.73. The molecule has 0 saturated heterocycles. The minimum atomic E-state index is 0.0944. The highest BCUT2D eigenvalue weighted by molar-refractivity contribution is 6.21.